The molecule has 0 fully saturated rings. The number of phosphoric acid groups is 1. The molecule has 10 heteroatoms. The maximum absolute atomic E-state index is 12.5. The number of phosphoric ester groups is 1. The fraction of sp³-hybridized carbons (Fsp3) is 0.476. The van der Waals surface area contributed by atoms with Crippen molar-refractivity contribution in [1.82, 2.24) is 0 Å². The molecule has 0 aromatic heterocycles. The molecule has 0 saturated carbocycles. The van der Waals surface area contributed by atoms with Crippen LogP contribution in [-0.4, -0.2) is 49.3 Å². The maximum atomic E-state index is 12.5. The summed E-state index contributed by atoms with van der Waals surface area (Å²) in [6.07, 6.45) is 49.5. The number of carbonyl (C=O) groups is 2. The third kappa shape index (κ3) is 36.2. The van der Waals surface area contributed by atoms with E-state index in [1.807, 2.05) is 91.1 Å². The number of nitrogens with two attached hydrogens (primary N) is 1. The quantitative estimate of drug-likeness (QED) is 0.0299. The van der Waals surface area contributed by atoms with E-state index in [0.717, 1.165) is 51.4 Å². The van der Waals surface area contributed by atoms with Gasteiger partial charge in [0, 0.05) is 19.4 Å². The lowest BCUT2D eigenvalue weighted by Gasteiger charge is -2.19. The molecule has 0 aliphatic carbocycles. The van der Waals surface area contributed by atoms with E-state index in [1.165, 1.54) is 0 Å². The summed E-state index contributed by atoms with van der Waals surface area (Å²) in [5.41, 5.74) is 5.32. The number of allylic oxidation sites excluding steroid dienone is 20. The zero-order valence-corrected chi connectivity index (χ0v) is 32.4. The van der Waals surface area contributed by atoms with Crippen LogP contribution in [0.3, 0.4) is 0 Å². The molecule has 2 atom stereocenters. The minimum atomic E-state index is -4.41. The lowest BCUT2D eigenvalue weighted by Crippen LogP contribution is -2.29. The van der Waals surface area contributed by atoms with Crippen molar-refractivity contribution in [1.29, 1.82) is 0 Å². The van der Waals surface area contributed by atoms with Crippen LogP contribution in [0.2, 0.25) is 0 Å². The Hall–Kier alpha value is -3.59. The number of esters is 2. The van der Waals surface area contributed by atoms with Gasteiger partial charge < -0.3 is 20.1 Å². The molecule has 0 aliphatic heterocycles. The Morgan fingerprint density at radius 3 is 1.63 bits per heavy atom. The maximum Gasteiger partial charge on any atom is 0.472 e. The molecule has 290 valence electrons. The fourth-order valence-electron chi connectivity index (χ4n) is 4.10. The first-order chi connectivity index (χ1) is 25.3. The molecule has 0 amide bonds. The first-order valence-electron chi connectivity index (χ1n) is 18.6. The van der Waals surface area contributed by atoms with Crippen molar-refractivity contribution in [3.8, 4) is 0 Å². The van der Waals surface area contributed by atoms with Crippen molar-refractivity contribution in [2.45, 2.75) is 103 Å². The first kappa shape index (κ1) is 48.4. The van der Waals surface area contributed by atoms with Crippen LogP contribution in [0.4, 0.5) is 0 Å². The van der Waals surface area contributed by atoms with Gasteiger partial charge in [0.25, 0.3) is 0 Å². The fourth-order valence-corrected chi connectivity index (χ4v) is 4.87. The van der Waals surface area contributed by atoms with E-state index in [4.69, 9.17) is 24.3 Å². The molecule has 2 unspecified atom stereocenters. The second-order valence-corrected chi connectivity index (χ2v) is 13.1. The van der Waals surface area contributed by atoms with Crippen molar-refractivity contribution >= 4 is 19.8 Å². The highest BCUT2D eigenvalue weighted by Crippen LogP contribution is 2.43. The minimum Gasteiger partial charge on any atom is -0.462 e. The number of hydrogen-bond acceptors (Lipinski definition) is 8. The van der Waals surface area contributed by atoms with Gasteiger partial charge in [0.2, 0.25) is 0 Å². The Kier molecular flexibility index (Phi) is 34.6. The Morgan fingerprint density at radius 1 is 0.596 bits per heavy atom. The smallest absolute Gasteiger partial charge is 0.462 e. The van der Waals surface area contributed by atoms with Gasteiger partial charge in [-0.15, -0.1) is 0 Å². The highest BCUT2D eigenvalue weighted by Gasteiger charge is 2.25. The molecule has 0 aromatic rings. The summed E-state index contributed by atoms with van der Waals surface area (Å²) in [7, 11) is -4.41. The second-order valence-electron chi connectivity index (χ2n) is 11.6. The molecule has 0 bridgehead atoms. The van der Waals surface area contributed by atoms with Crippen molar-refractivity contribution in [3.05, 3.63) is 122 Å². The van der Waals surface area contributed by atoms with Gasteiger partial charge in [0.1, 0.15) is 6.61 Å². The van der Waals surface area contributed by atoms with Crippen LogP contribution in [0.15, 0.2) is 122 Å². The van der Waals surface area contributed by atoms with Crippen LogP contribution in [0.1, 0.15) is 97.3 Å². The van der Waals surface area contributed by atoms with E-state index in [-0.39, 0.29) is 32.6 Å². The van der Waals surface area contributed by atoms with E-state index >= 15 is 0 Å². The van der Waals surface area contributed by atoms with Gasteiger partial charge in [0.05, 0.1) is 13.2 Å². The topological polar surface area (TPSA) is 134 Å². The molecule has 0 spiro atoms. The van der Waals surface area contributed by atoms with Crippen LogP contribution in [0.5, 0.6) is 0 Å². The zero-order valence-electron chi connectivity index (χ0n) is 31.5. The highest BCUT2D eigenvalue weighted by atomic mass is 31.2. The van der Waals surface area contributed by atoms with Gasteiger partial charge >= 0.3 is 19.8 Å². The van der Waals surface area contributed by atoms with Gasteiger partial charge in [-0.3, -0.25) is 18.6 Å². The number of carbonyl (C=O) groups excluding carboxylic acids is 2. The number of unbranched alkanes of at least 4 members (excludes halogenated alkanes) is 7. The van der Waals surface area contributed by atoms with E-state index in [2.05, 4.69) is 44.2 Å². The summed E-state index contributed by atoms with van der Waals surface area (Å²) in [5, 5.41) is 0. The van der Waals surface area contributed by atoms with Crippen molar-refractivity contribution in [2.75, 3.05) is 26.4 Å². The first-order valence-corrected chi connectivity index (χ1v) is 20.1. The zero-order chi connectivity index (χ0) is 38.2. The van der Waals surface area contributed by atoms with Crippen molar-refractivity contribution < 1.29 is 37.6 Å². The normalized spacial score (nSPS) is 14.8. The van der Waals surface area contributed by atoms with Gasteiger partial charge in [-0.05, 0) is 44.9 Å². The predicted molar refractivity (Wildman–Crippen MR) is 214 cm³/mol. The van der Waals surface area contributed by atoms with E-state index in [0.29, 0.717) is 19.3 Å². The molecular formula is C42H64NO8P. The van der Waals surface area contributed by atoms with Crippen LogP contribution in [0, 0.1) is 0 Å². The molecule has 0 rings (SSSR count). The van der Waals surface area contributed by atoms with E-state index in [1.54, 1.807) is 0 Å². The van der Waals surface area contributed by atoms with Gasteiger partial charge in [-0.25, -0.2) is 4.57 Å². The number of hydrogen-bond donors (Lipinski definition) is 2. The largest absolute Gasteiger partial charge is 0.472 e. The SMILES string of the molecule is CC/C=C/C=C/C=C/C=C/C=C/CCCC(=O)OC(COC(=O)CCCCCCC/C=C/C=C/C=C/C=C/C=C/CCC)COP(=O)(O)OCCN. The van der Waals surface area contributed by atoms with Crippen LogP contribution >= 0.6 is 7.82 Å². The highest BCUT2D eigenvalue weighted by molar-refractivity contribution is 7.47. The molecule has 0 aromatic carbocycles. The van der Waals surface area contributed by atoms with Crippen LogP contribution in [0.25, 0.3) is 0 Å². The predicted octanol–water partition coefficient (Wildman–Crippen LogP) is 10.2. The number of rotatable bonds is 32. The minimum absolute atomic E-state index is 0.0299. The third-order valence-corrected chi connectivity index (χ3v) is 7.80. The van der Waals surface area contributed by atoms with Gasteiger partial charge in [0.15, 0.2) is 6.10 Å². The Labute approximate surface area is 313 Å². The van der Waals surface area contributed by atoms with Crippen molar-refractivity contribution in [3.63, 3.8) is 0 Å². The molecule has 0 radical (unpaired) electrons. The summed E-state index contributed by atoms with van der Waals surface area (Å²) < 4.78 is 32.5. The average molecular weight is 742 g/mol. The molecule has 9 nitrogen and oxygen atoms in total. The van der Waals surface area contributed by atoms with Crippen molar-refractivity contribution in [2.24, 2.45) is 5.73 Å². The van der Waals surface area contributed by atoms with Gasteiger partial charge in [-0.2, -0.15) is 0 Å². The lowest BCUT2D eigenvalue weighted by molar-refractivity contribution is -0.161. The monoisotopic (exact) mass is 741 g/mol. The standard InChI is InChI=1S/C42H64NO8P/c1-3-5-7-9-11-13-15-17-18-19-20-21-23-24-26-28-30-32-34-41(44)48-38-40(39-50-52(46,47)49-37-36-43)51-42(45)35-33-31-29-27-25-22-16-14-12-10-8-6-4-2/h6-22,25,27,29,40H,3-5,23-24,26,28,30-39,43H2,1-2H3,(H,46,47)/b8-6+,9-7+,12-10+,13-11+,16-14+,17-15+,19-18+,21-20+,25-22+,29-27+. The third-order valence-electron chi connectivity index (χ3n) is 6.82. The molecule has 52 heavy (non-hydrogen) atoms. The Morgan fingerprint density at radius 2 is 1.08 bits per heavy atom. The molecule has 0 heterocycles. The molecule has 0 saturated heterocycles. The van der Waals surface area contributed by atoms with Crippen LogP contribution in [-0.2, 0) is 32.7 Å². The molecule has 0 aliphatic rings. The summed E-state index contributed by atoms with van der Waals surface area (Å²) in [6, 6.07) is 0. The summed E-state index contributed by atoms with van der Waals surface area (Å²) in [5.74, 6) is -0.963. The lowest BCUT2D eigenvalue weighted by atomic mass is 10.1. The average Bonchev–Trinajstić information content (AvgIpc) is 3.13. The van der Waals surface area contributed by atoms with E-state index < -0.39 is 32.5 Å². The number of ether oxygens (including phenoxy) is 2. The second kappa shape index (κ2) is 37.2. The summed E-state index contributed by atoms with van der Waals surface area (Å²) in [6.45, 7) is 3.32. The van der Waals surface area contributed by atoms with Gasteiger partial charge in [-0.1, -0.05) is 161 Å². The Balaban J connectivity index is 4.43. The van der Waals surface area contributed by atoms with E-state index in [9.17, 15) is 19.0 Å². The molecule has 3 N–H and O–H groups in total. The van der Waals surface area contributed by atoms with Crippen LogP contribution < -0.4 is 5.73 Å². The molecular weight excluding hydrogens is 677 g/mol. The summed E-state index contributed by atoms with van der Waals surface area (Å²) in [4.78, 5) is 34.7. The summed E-state index contributed by atoms with van der Waals surface area (Å²) >= 11 is 0. The Bertz CT molecular complexity index is 1260.